The van der Waals surface area contributed by atoms with Crippen molar-refractivity contribution in [3.05, 3.63) is 207 Å². The maximum Gasteiger partial charge on any atom is 0.594 e. The molecular weight excluding hydrogens is 887 g/mol. The zero-order valence-corrected chi connectivity index (χ0v) is 38.2. The van der Waals surface area contributed by atoms with Gasteiger partial charge in [0.25, 0.3) is 0 Å². The summed E-state index contributed by atoms with van der Waals surface area (Å²) in [5.74, 6) is 0.914. The van der Waals surface area contributed by atoms with E-state index in [1.807, 2.05) is 106 Å². The Hall–Kier alpha value is -6.92. The average Bonchev–Trinajstić information content (AvgIpc) is 3.95. The third kappa shape index (κ3) is 8.01. The van der Waals surface area contributed by atoms with Crippen molar-refractivity contribution in [3.63, 3.8) is 0 Å². The van der Waals surface area contributed by atoms with Crippen LogP contribution in [0.4, 0.5) is 11.4 Å². The number of aromatic nitrogens is 6. The molecule has 0 fully saturated rings. The average molecular weight is 921 g/mol. The van der Waals surface area contributed by atoms with Crippen LogP contribution in [0.1, 0.15) is 0 Å². The van der Waals surface area contributed by atoms with Gasteiger partial charge in [-0.3, -0.25) is 9.13 Å². The van der Waals surface area contributed by atoms with Gasteiger partial charge in [-0.05, 0) is 97.1 Å². The van der Waals surface area contributed by atoms with E-state index >= 15 is 0 Å². The summed E-state index contributed by atoms with van der Waals surface area (Å²) in [7, 11) is -8.65. The van der Waals surface area contributed by atoms with Crippen LogP contribution in [0.25, 0.3) is 56.5 Å². The molecule has 0 aliphatic carbocycles. The minimum Gasteiger partial charge on any atom is -0.612 e. The number of nitrogens with zero attached hydrogens (tertiary/aromatic N) is 8. The number of fused-ring (bicyclic) bond motifs is 2. The van der Waals surface area contributed by atoms with Gasteiger partial charge in [0.05, 0.1) is 9.79 Å². The molecule has 10 rings (SSSR count). The fourth-order valence-electron chi connectivity index (χ4n) is 7.57. The summed E-state index contributed by atoms with van der Waals surface area (Å²) in [6.07, 6.45) is 3.38. The highest BCUT2D eigenvalue weighted by atomic mass is 32.2. The summed E-state index contributed by atoms with van der Waals surface area (Å²) in [4.78, 5) is 19.4. The number of anilines is 2. The molecule has 6 aromatic carbocycles. The zero-order valence-electron chi connectivity index (χ0n) is 34.2. The van der Waals surface area contributed by atoms with Crippen LogP contribution in [-0.4, -0.2) is 77.5 Å². The van der Waals surface area contributed by atoms with Gasteiger partial charge in [0, 0.05) is 46.3 Å². The molecule has 0 unspecified atom stereocenters. The molecule has 0 N–H and O–H groups in total. The molecule has 0 saturated carbocycles. The molecule has 4 heterocycles. The lowest BCUT2D eigenvalue weighted by Gasteiger charge is -2.30. The molecule has 0 aliphatic rings. The molecule has 13 nitrogen and oxygen atoms in total. The molecular formula is C48H34Al2N8O5S2. The van der Waals surface area contributed by atoms with Crippen LogP contribution >= 0.6 is 0 Å². The van der Waals surface area contributed by atoms with Crippen molar-refractivity contribution in [3.8, 4) is 34.2 Å². The molecule has 0 amide bonds. The normalized spacial score (nSPS) is 11.7. The van der Waals surface area contributed by atoms with Crippen molar-refractivity contribution >= 4 is 85.3 Å². The Labute approximate surface area is 388 Å². The van der Waals surface area contributed by atoms with Crippen LogP contribution in [0.15, 0.2) is 216 Å². The molecule has 0 aliphatic heterocycles. The van der Waals surface area contributed by atoms with Crippen molar-refractivity contribution in [2.45, 2.75) is 9.79 Å². The molecule has 0 atom stereocenters. The van der Waals surface area contributed by atoms with Crippen LogP contribution in [0.2, 0.25) is 0 Å². The summed E-state index contributed by atoms with van der Waals surface area (Å²) < 4.78 is 72.8. The summed E-state index contributed by atoms with van der Waals surface area (Å²) in [6, 6.07) is 56.9. The van der Waals surface area contributed by atoms with Crippen molar-refractivity contribution in [1.82, 2.24) is 29.1 Å². The molecule has 314 valence electrons. The lowest BCUT2D eigenvalue weighted by Crippen LogP contribution is -2.42. The minimum atomic E-state index is -4.33. The molecule has 4 aromatic heterocycles. The summed E-state index contributed by atoms with van der Waals surface area (Å²) in [5, 5.41) is 0. The van der Waals surface area contributed by atoms with E-state index in [4.69, 9.17) is 12.8 Å². The highest BCUT2D eigenvalue weighted by Crippen LogP contribution is 2.38. The monoisotopic (exact) mass is 920 g/mol. The fourth-order valence-corrected chi connectivity index (χ4v) is 14.2. The van der Waals surface area contributed by atoms with Crippen LogP contribution < -0.4 is 6.58 Å². The van der Waals surface area contributed by atoms with Crippen LogP contribution in [0, 0.1) is 0 Å². The lowest BCUT2D eigenvalue weighted by atomic mass is 10.1. The van der Waals surface area contributed by atoms with Crippen molar-refractivity contribution in [1.29, 1.82) is 0 Å². The second kappa shape index (κ2) is 17.9. The van der Waals surface area contributed by atoms with Crippen molar-refractivity contribution < 1.29 is 19.7 Å². The van der Waals surface area contributed by atoms with Crippen molar-refractivity contribution in [2.24, 2.45) is 0 Å². The van der Waals surface area contributed by atoms with Crippen LogP contribution in [0.5, 0.6) is 0 Å². The molecule has 0 bridgehead atoms. The fraction of sp³-hybridized carbons (Fsp3) is 0. The number of hydrogen-bond acceptors (Lipinski definition) is 9. The van der Waals surface area contributed by atoms with E-state index < -0.39 is 51.6 Å². The first-order valence-electron chi connectivity index (χ1n) is 20.3. The zero-order chi connectivity index (χ0) is 44.4. The van der Waals surface area contributed by atoms with E-state index in [2.05, 4.69) is 9.97 Å². The third-order valence-corrected chi connectivity index (χ3v) is 17.8. The maximum atomic E-state index is 15.0. The molecule has 10 aromatic rings. The lowest BCUT2D eigenvalue weighted by molar-refractivity contribution is 0.588. The Kier molecular flexibility index (Phi) is 11.6. The van der Waals surface area contributed by atoms with Gasteiger partial charge in [-0.15, -0.1) is 0 Å². The van der Waals surface area contributed by atoms with Gasteiger partial charge in [0.15, 0.2) is 11.3 Å². The van der Waals surface area contributed by atoms with Crippen molar-refractivity contribution in [2.75, 3.05) is 6.58 Å². The number of rotatable bonds is 14. The van der Waals surface area contributed by atoms with E-state index in [-0.39, 0.29) is 9.79 Å². The second-order valence-corrected chi connectivity index (χ2v) is 21.4. The number of para-hydroxylation sites is 4. The number of pyridine rings is 2. The van der Waals surface area contributed by atoms with Gasteiger partial charge in [-0.2, -0.15) is 0 Å². The molecule has 2 radical (unpaired) electrons. The standard InChI is InChI=1S/2C24H17N4O2S.2Al.O/c2*29-31(30,19-12-5-2-6-13-19)27-21-15-8-7-14-20(21)23-26-22-16-9-17-25-24(22)28(23)18-10-3-1-4-11-18;;;/h2*1-17H;;;/q2*-1;2*+1;. The van der Waals surface area contributed by atoms with Gasteiger partial charge in [0.2, 0.25) is 20.0 Å². The molecule has 0 saturated heterocycles. The number of sulfonamides is 2. The number of hydrogen-bond donors (Lipinski definition) is 0. The highest BCUT2D eigenvalue weighted by molar-refractivity contribution is 7.94. The first kappa shape index (κ1) is 42.1. The third-order valence-electron chi connectivity index (χ3n) is 10.5. The first-order chi connectivity index (χ1) is 31.8. The summed E-state index contributed by atoms with van der Waals surface area (Å²) in [6.45, 7) is 0. The predicted molar refractivity (Wildman–Crippen MR) is 253 cm³/mol. The Bertz CT molecular complexity index is 3300. The van der Waals surface area contributed by atoms with E-state index in [1.165, 1.54) is 30.8 Å². The largest absolute Gasteiger partial charge is 0.612 e. The Morgan fingerprint density at radius 2 is 0.769 bits per heavy atom. The summed E-state index contributed by atoms with van der Waals surface area (Å²) in [5.41, 5.74) is 5.53. The van der Waals surface area contributed by atoms with Gasteiger partial charge >= 0.3 is 31.5 Å². The number of benzene rings is 6. The van der Waals surface area contributed by atoms with E-state index in [1.54, 1.807) is 85.2 Å². The Morgan fingerprint density at radius 3 is 1.17 bits per heavy atom. The highest BCUT2D eigenvalue weighted by Gasteiger charge is 2.35. The predicted octanol–water partition coefficient (Wildman–Crippen LogP) is 8.66. The molecule has 65 heavy (non-hydrogen) atoms. The maximum absolute atomic E-state index is 15.0. The topological polar surface area (TPSA) is 145 Å². The molecule has 17 heteroatoms. The molecule has 0 spiro atoms. The summed E-state index contributed by atoms with van der Waals surface area (Å²) >= 11 is -3.32. The van der Waals surface area contributed by atoms with Crippen LogP contribution in [0.3, 0.4) is 0 Å². The van der Waals surface area contributed by atoms with E-state index in [9.17, 15) is 16.8 Å². The number of imidazole rings is 2. The van der Waals surface area contributed by atoms with Gasteiger partial charge in [-0.25, -0.2) is 36.8 Å². The van der Waals surface area contributed by atoms with E-state index in [0.29, 0.717) is 56.5 Å². The minimum absolute atomic E-state index is 0.0339. The second-order valence-electron chi connectivity index (χ2n) is 14.5. The van der Waals surface area contributed by atoms with Gasteiger partial charge in [0.1, 0.15) is 22.7 Å². The van der Waals surface area contributed by atoms with Gasteiger partial charge < -0.3 is 9.42 Å². The quantitative estimate of drug-likeness (QED) is 0.0979. The van der Waals surface area contributed by atoms with Gasteiger partial charge in [-0.1, -0.05) is 97.1 Å². The Morgan fingerprint density at radius 1 is 0.415 bits per heavy atom. The first-order valence-corrected chi connectivity index (χ1v) is 25.1. The van der Waals surface area contributed by atoms with E-state index in [0.717, 1.165) is 11.4 Å². The Balaban J connectivity index is 1.11. The SMILES string of the molecule is O=S(=O)(c1ccccc1)[N]([Al][O][Al][N](c1ccccc1-c1nc2cccnc2n1-c1ccccc1)S(=O)(=O)c1ccccc1)c1ccccc1-c1nc2cccnc2n1-c1ccccc1. The smallest absolute Gasteiger partial charge is 0.594 e. The van der Waals surface area contributed by atoms with Crippen LogP contribution in [-0.2, 0) is 22.9 Å².